The molecule has 2 atom stereocenters. The first-order valence-corrected chi connectivity index (χ1v) is 11.6. The minimum atomic E-state index is -3.52. The third-order valence-corrected chi connectivity index (χ3v) is 7.15. The van der Waals surface area contributed by atoms with E-state index in [-0.39, 0.29) is 42.7 Å². The average Bonchev–Trinajstić information content (AvgIpc) is 3.26. The van der Waals surface area contributed by atoms with Gasteiger partial charge in [0.2, 0.25) is 10.0 Å². The van der Waals surface area contributed by atoms with Gasteiger partial charge in [0.05, 0.1) is 24.2 Å². The molecule has 30 heavy (non-hydrogen) atoms. The molecule has 3 rings (SSSR count). The number of benzene rings is 1. The number of morpholine rings is 1. The van der Waals surface area contributed by atoms with Crippen LogP contribution in [0, 0.1) is 0 Å². The van der Waals surface area contributed by atoms with E-state index >= 15 is 0 Å². The van der Waals surface area contributed by atoms with Crippen molar-refractivity contribution in [1.82, 2.24) is 14.5 Å². The average molecular weight is 552 g/mol. The SMILES string of the molecule is CCNC(=NCc1ccccc1S(=O)(=O)N(C)C)N1CCOC(C2CCCO2)C1.I. The minimum absolute atomic E-state index is 0. The maximum absolute atomic E-state index is 12.6. The number of hydrogen-bond acceptors (Lipinski definition) is 5. The Kier molecular flexibility index (Phi) is 9.79. The maximum atomic E-state index is 12.6. The summed E-state index contributed by atoms with van der Waals surface area (Å²) in [6.45, 7) is 5.93. The van der Waals surface area contributed by atoms with Crippen molar-refractivity contribution < 1.29 is 17.9 Å². The van der Waals surface area contributed by atoms with Gasteiger partial charge >= 0.3 is 0 Å². The zero-order valence-electron chi connectivity index (χ0n) is 17.9. The van der Waals surface area contributed by atoms with Crippen LogP contribution in [0.25, 0.3) is 0 Å². The standard InChI is InChI=1S/C20H32N4O4S.HI/c1-4-21-20(24-11-13-28-18(15-24)17-9-7-12-27-17)22-14-16-8-5-6-10-19(16)29(25,26)23(2)3;/h5-6,8,10,17-18H,4,7,9,11-15H2,1-3H3,(H,21,22);1H. The lowest BCUT2D eigenvalue weighted by atomic mass is 10.1. The number of rotatable bonds is 6. The molecule has 0 bridgehead atoms. The third kappa shape index (κ3) is 6.06. The van der Waals surface area contributed by atoms with Gasteiger partial charge in [-0.05, 0) is 31.4 Å². The Morgan fingerprint density at radius 2 is 1.97 bits per heavy atom. The van der Waals surface area contributed by atoms with Gasteiger partial charge in [0.15, 0.2) is 5.96 Å². The van der Waals surface area contributed by atoms with E-state index in [9.17, 15) is 8.42 Å². The van der Waals surface area contributed by atoms with Gasteiger partial charge in [-0.25, -0.2) is 17.7 Å². The molecule has 2 unspecified atom stereocenters. The molecule has 1 aromatic carbocycles. The van der Waals surface area contributed by atoms with Gasteiger partial charge in [0, 0.05) is 40.3 Å². The molecule has 1 N–H and O–H groups in total. The van der Waals surface area contributed by atoms with Gasteiger partial charge in [0.1, 0.15) is 6.10 Å². The number of aliphatic imine (C=N–C) groups is 1. The number of halogens is 1. The Balaban J connectivity index is 0.00000320. The first-order valence-electron chi connectivity index (χ1n) is 10.2. The number of hydrogen-bond donors (Lipinski definition) is 1. The minimum Gasteiger partial charge on any atom is -0.375 e. The summed E-state index contributed by atoms with van der Waals surface area (Å²) in [7, 11) is -0.439. The molecule has 170 valence electrons. The van der Waals surface area contributed by atoms with Crippen molar-refractivity contribution in [2.75, 3.05) is 46.9 Å². The van der Waals surface area contributed by atoms with Crippen molar-refractivity contribution in [3.63, 3.8) is 0 Å². The molecule has 2 aliphatic rings. The highest BCUT2D eigenvalue weighted by Crippen LogP contribution is 2.22. The Morgan fingerprint density at radius 1 is 1.23 bits per heavy atom. The second-order valence-electron chi connectivity index (χ2n) is 7.47. The van der Waals surface area contributed by atoms with Crippen LogP contribution < -0.4 is 5.32 Å². The Bertz CT molecular complexity index is 813. The van der Waals surface area contributed by atoms with Crippen LogP contribution in [-0.2, 0) is 26.0 Å². The lowest BCUT2D eigenvalue weighted by molar-refractivity contribution is -0.0817. The predicted molar refractivity (Wildman–Crippen MR) is 128 cm³/mol. The van der Waals surface area contributed by atoms with Gasteiger partial charge in [-0.1, -0.05) is 18.2 Å². The van der Waals surface area contributed by atoms with Gasteiger partial charge in [-0.15, -0.1) is 24.0 Å². The predicted octanol–water partition coefficient (Wildman–Crippen LogP) is 1.90. The zero-order valence-corrected chi connectivity index (χ0v) is 21.1. The van der Waals surface area contributed by atoms with Crippen molar-refractivity contribution in [2.24, 2.45) is 4.99 Å². The van der Waals surface area contributed by atoms with Crippen LogP contribution >= 0.6 is 24.0 Å². The summed E-state index contributed by atoms with van der Waals surface area (Å²) in [6, 6.07) is 7.03. The van der Waals surface area contributed by atoms with E-state index in [4.69, 9.17) is 14.5 Å². The first kappa shape index (κ1) is 25.3. The molecule has 0 aromatic heterocycles. The Morgan fingerprint density at radius 3 is 2.63 bits per heavy atom. The second kappa shape index (κ2) is 11.6. The number of sulfonamides is 1. The van der Waals surface area contributed by atoms with E-state index in [1.54, 1.807) is 26.2 Å². The summed E-state index contributed by atoms with van der Waals surface area (Å²) < 4.78 is 38.2. The van der Waals surface area contributed by atoms with Gasteiger partial charge in [-0.3, -0.25) is 0 Å². The van der Waals surface area contributed by atoms with Gasteiger partial charge in [-0.2, -0.15) is 0 Å². The van der Waals surface area contributed by atoms with Gasteiger partial charge in [0.25, 0.3) is 0 Å². The topological polar surface area (TPSA) is 83.5 Å². The summed E-state index contributed by atoms with van der Waals surface area (Å²) in [5, 5.41) is 3.33. The molecule has 2 fully saturated rings. The molecule has 2 heterocycles. The number of nitrogens with one attached hydrogen (secondary N) is 1. The summed E-state index contributed by atoms with van der Waals surface area (Å²) >= 11 is 0. The fraction of sp³-hybridized carbons (Fsp3) is 0.650. The van der Waals surface area contributed by atoms with Crippen molar-refractivity contribution in [3.8, 4) is 0 Å². The third-order valence-electron chi connectivity index (χ3n) is 5.24. The normalized spacial score (nSPS) is 22.8. The van der Waals surface area contributed by atoms with Crippen molar-refractivity contribution >= 4 is 40.0 Å². The molecule has 2 aliphatic heterocycles. The molecular weight excluding hydrogens is 519 g/mol. The summed E-state index contributed by atoms with van der Waals surface area (Å²) in [6.07, 6.45) is 2.29. The number of guanidine groups is 1. The molecule has 2 saturated heterocycles. The van der Waals surface area contributed by atoms with Gasteiger partial charge < -0.3 is 19.7 Å². The lowest BCUT2D eigenvalue weighted by Gasteiger charge is -2.37. The molecule has 0 spiro atoms. The summed E-state index contributed by atoms with van der Waals surface area (Å²) in [5.41, 5.74) is 0.681. The Labute approximate surface area is 197 Å². The van der Waals surface area contributed by atoms with E-state index < -0.39 is 10.0 Å². The van der Waals surface area contributed by atoms with E-state index in [1.807, 2.05) is 19.1 Å². The van der Waals surface area contributed by atoms with Crippen LogP contribution in [0.2, 0.25) is 0 Å². The summed E-state index contributed by atoms with van der Waals surface area (Å²) in [4.78, 5) is 7.23. The van der Waals surface area contributed by atoms with E-state index in [0.717, 1.165) is 38.5 Å². The van der Waals surface area contributed by atoms with Crippen molar-refractivity contribution in [2.45, 2.75) is 43.4 Å². The first-order chi connectivity index (χ1) is 13.9. The smallest absolute Gasteiger partial charge is 0.242 e. The van der Waals surface area contributed by atoms with Crippen LogP contribution in [-0.4, -0.2) is 82.7 Å². The highest BCUT2D eigenvalue weighted by atomic mass is 127. The Hall–Kier alpha value is -0.950. The van der Waals surface area contributed by atoms with E-state index in [1.165, 1.54) is 4.31 Å². The molecular formula is C20H33IN4O4S. The van der Waals surface area contributed by atoms with Crippen molar-refractivity contribution in [1.29, 1.82) is 0 Å². The van der Waals surface area contributed by atoms with Crippen LogP contribution in [0.15, 0.2) is 34.2 Å². The molecule has 0 amide bonds. The van der Waals surface area contributed by atoms with Crippen LogP contribution in [0.3, 0.4) is 0 Å². The lowest BCUT2D eigenvalue weighted by Crippen LogP contribution is -2.53. The second-order valence-corrected chi connectivity index (χ2v) is 9.59. The fourth-order valence-corrected chi connectivity index (χ4v) is 4.77. The largest absolute Gasteiger partial charge is 0.375 e. The number of nitrogens with zero attached hydrogens (tertiary/aromatic N) is 3. The molecule has 10 heteroatoms. The van der Waals surface area contributed by atoms with Crippen LogP contribution in [0.1, 0.15) is 25.3 Å². The van der Waals surface area contributed by atoms with Crippen LogP contribution in [0.5, 0.6) is 0 Å². The highest BCUT2D eigenvalue weighted by Gasteiger charge is 2.32. The van der Waals surface area contributed by atoms with E-state index in [0.29, 0.717) is 23.6 Å². The monoisotopic (exact) mass is 552 g/mol. The molecule has 0 radical (unpaired) electrons. The molecule has 1 aromatic rings. The van der Waals surface area contributed by atoms with Crippen LogP contribution in [0.4, 0.5) is 0 Å². The van der Waals surface area contributed by atoms with Crippen molar-refractivity contribution in [3.05, 3.63) is 29.8 Å². The van der Waals surface area contributed by atoms with E-state index in [2.05, 4.69) is 10.2 Å². The number of ether oxygens (including phenoxy) is 2. The molecule has 8 nitrogen and oxygen atoms in total. The fourth-order valence-electron chi connectivity index (χ4n) is 3.66. The maximum Gasteiger partial charge on any atom is 0.242 e. The molecule has 0 aliphatic carbocycles. The quantitative estimate of drug-likeness (QED) is 0.330. The highest BCUT2D eigenvalue weighted by molar-refractivity contribution is 14.0. The zero-order chi connectivity index (χ0) is 20.9. The summed E-state index contributed by atoms with van der Waals surface area (Å²) in [5.74, 6) is 0.774. The molecule has 0 saturated carbocycles.